The molecule has 5 nitrogen and oxygen atoms in total. The summed E-state index contributed by atoms with van der Waals surface area (Å²) in [5, 5.41) is 8.99. The first-order valence-electron chi connectivity index (χ1n) is 5.36. The zero-order valence-corrected chi connectivity index (χ0v) is 10.8. The van der Waals surface area contributed by atoms with E-state index in [1.807, 2.05) is 13.8 Å². The first kappa shape index (κ1) is 13.3. The zero-order valence-electron chi connectivity index (χ0n) is 10.8. The molecule has 1 rings (SSSR count). The van der Waals surface area contributed by atoms with Crippen LogP contribution in [0.3, 0.4) is 0 Å². The fourth-order valence-electron chi connectivity index (χ4n) is 1.73. The smallest absolute Gasteiger partial charge is 0.326 e. The molecular formula is C12H18N2O3. The molecule has 0 amide bonds. The van der Waals surface area contributed by atoms with Gasteiger partial charge in [-0.3, -0.25) is 0 Å². The Morgan fingerprint density at radius 3 is 2.59 bits per heavy atom. The van der Waals surface area contributed by atoms with Gasteiger partial charge in [-0.2, -0.15) is 0 Å². The number of rotatable bonds is 4. The maximum Gasteiger partial charge on any atom is 0.326 e. The molecule has 0 saturated carbocycles. The highest BCUT2D eigenvalue weighted by molar-refractivity contribution is 5.77. The summed E-state index contributed by atoms with van der Waals surface area (Å²) in [5.41, 5.74) is 1.79. The summed E-state index contributed by atoms with van der Waals surface area (Å²) in [4.78, 5) is 16.8. The van der Waals surface area contributed by atoms with Crippen LogP contribution in [0.25, 0.3) is 0 Å². The van der Waals surface area contributed by atoms with Gasteiger partial charge in [-0.15, -0.1) is 0 Å². The fraction of sp³-hybridized carbons (Fsp3) is 0.500. The molecule has 0 aromatic carbocycles. The molecule has 0 saturated heterocycles. The Morgan fingerprint density at radius 1 is 1.53 bits per heavy atom. The summed E-state index contributed by atoms with van der Waals surface area (Å²) in [5.74, 6) is 0.495. The van der Waals surface area contributed by atoms with Crippen molar-refractivity contribution in [3.05, 3.63) is 17.3 Å². The second kappa shape index (κ2) is 5.03. The van der Waals surface area contributed by atoms with E-state index >= 15 is 0 Å². The Balaban J connectivity index is 3.19. The lowest BCUT2D eigenvalue weighted by Crippen LogP contribution is -2.36. The lowest BCUT2D eigenvalue weighted by atomic mass is 10.1. The van der Waals surface area contributed by atoms with E-state index in [1.165, 1.54) is 0 Å². The highest BCUT2D eigenvalue weighted by atomic mass is 16.5. The molecule has 5 heteroatoms. The van der Waals surface area contributed by atoms with E-state index in [0.717, 1.165) is 16.9 Å². The number of hydrogen-bond acceptors (Lipinski definition) is 4. The van der Waals surface area contributed by atoms with Crippen LogP contribution in [0.2, 0.25) is 0 Å². The predicted octanol–water partition coefficient (Wildman–Crippen LogP) is 1.62. The third-order valence-corrected chi connectivity index (χ3v) is 2.89. The molecule has 0 aliphatic carbocycles. The Kier molecular flexibility index (Phi) is 3.93. The minimum Gasteiger partial charge on any atom is -0.496 e. The maximum absolute atomic E-state index is 10.9. The average molecular weight is 238 g/mol. The number of likely N-dealkylation sites (N-methyl/N-ethyl adjacent to an activating group) is 1. The van der Waals surface area contributed by atoms with E-state index in [0.29, 0.717) is 5.82 Å². The number of carboxylic acid groups (broad SMARTS) is 1. The van der Waals surface area contributed by atoms with Crippen molar-refractivity contribution in [3.8, 4) is 5.75 Å². The first-order chi connectivity index (χ1) is 7.90. The monoisotopic (exact) mass is 238 g/mol. The second-order valence-corrected chi connectivity index (χ2v) is 4.05. The van der Waals surface area contributed by atoms with Crippen molar-refractivity contribution in [1.82, 2.24) is 4.98 Å². The zero-order chi connectivity index (χ0) is 13.2. The molecule has 17 heavy (non-hydrogen) atoms. The van der Waals surface area contributed by atoms with Crippen LogP contribution in [-0.2, 0) is 4.79 Å². The highest BCUT2D eigenvalue weighted by Crippen LogP contribution is 2.29. The van der Waals surface area contributed by atoms with Crippen molar-refractivity contribution in [2.24, 2.45) is 0 Å². The molecule has 0 bridgehead atoms. The van der Waals surface area contributed by atoms with E-state index in [1.54, 1.807) is 32.2 Å². The quantitative estimate of drug-likeness (QED) is 0.863. The van der Waals surface area contributed by atoms with E-state index in [-0.39, 0.29) is 0 Å². The van der Waals surface area contributed by atoms with Gasteiger partial charge in [0, 0.05) is 24.4 Å². The Hall–Kier alpha value is -1.78. The van der Waals surface area contributed by atoms with Crippen molar-refractivity contribution < 1.29 is 14.6 Å². The van der Waals surface area contributed by atoms with E-state index < -0.39 is 12.0 Å². The third kappa shape index (κ3) is 2.49. The predicted molar refractivity (Wildman–Crippen MR) is 65.8 cm³/mol. The summed E-state index contributed by atoms with van der Waals surface area (Å²) >= 11 is 0. The lowest BCUT2D eigenvalue weighted by Gasteiger charge is -2.25. The molecule has 0 spiro atoms. The SMILES string of the molecule is COc1c(C)cnc(N(C)[C@H](C)C(=O)O)c1C. The number of aliphatic carboxylic acids is 1. The van der Waals surface area contributed by atoms with Gasteiger partial charge in [0.05, 0.1) is 7.11 Å². The van der Waals surface area contributed by atoms with Crippen LogP contribution >= 0.6 is 0 Å². The van der Waals surface area contributed by atoms with Gasteiger partial charge in [0.2, 0.25) is 0 Å². The van der Waals surface area contributed by atoms with Crippen molar-refractivity contribution >= 4 is 11.8 Å². The van der Waals surface area contributed by atoms with Crippen LogP contribution in [0.15, 0.2) is 6.20 Å². The first-order valence-corrected chi connectivity index (χ1v) is 5.36. The molecule has 94 valence electrons. The van der Waals surface area contributed by atoms with Gasteiger partial charge < -0.3 is 14.7 Å². The molecule has 1 heterocycles. The fourth-order valence-corrected chi connectivity index (χ4v) is 1.73. The number of methoxy groups -OCH3 is 1. The number of carbonyl (C=O) groups is 1. The van der Waals surface area contributed by atoms with Crippen molar-refractivity contribution in [2.75, 3.05) is 19.1 Å². The lowest BCUT2D eigenvalue weighted by molar-refractivity contribution is -0.138. The molecule has 1 aromatic rings. The van der Waals surface area contributed by atoms with Crippen molar-refractivity contribution in [3.63, 3.8) is 0 Å². The largest absolute Gasteiger partial charge is 0.496 e. The molecule has 0 radical (unpaired) electrons. The van der Waals surface area contributed by atoms with Gasteiger partial charge in [-0.1, -0.05) is 0 Å². The van der Waals surface area contributed by atoms with E-state index in [9.17, 15) is 4.79 Å². The number of aryl methyl sites for hydroxylation is 1. The van der Waals surface area contributed by atoms with Gasteiger partial charge in [-0.25, -0.2) is 9.78 Å². The summed E-state index contributed by atoms with van der Waals surface area (Å²) in [7, 11) is 3.31. The number of pyridine rings is 1. The van der Waals surface area contributed by atoms with Crippen LogP contribution in [0.5, 0.6) is 5.75 Å². The van der Waals surface area contributed by atoms with Crippen LogP contribution in [0.4, 0.5) is 5.82 Å². The van der Waals surface area contributed by atoms with Gasteiger partial charge in [0.15, 0.2) is 0 Å². The molecule has 0 aliphatic rings. The number of nitrogens with zero attached hydrogens (tertiary/aromatic N) is 2. The number of hydrogen-bond donors (Lipinski definition) is 1. The Morgan fingerprint density at radius 2 is 2.12 bits per heavy atom. The summed E-state index contributed by atoms with van der Waals surface area (Å²) in [6, 6.07) is -0.631. The average Bonchev–Trinajstić information content (AvgIpc) is 2.28. The topological polar surface area (TPSA) is 62.7 Å². The normalized spacial score (nSPS) is 12.1. The highest BCUT2D eigenvalue weighted by Gasteiger charge is 2.21. The Labute approximate surface area is 101 Å². The van der Waals surface area contributed by atoms with E-state index in [2.05, 4.69) is 4.98 Å². The summed E-state index contributed by atoms with van der Waals surface area (Å²) < 4.78 is 5.29. The summed E-state index contributed by atoms with van der Waals surface area (Å²) in [6.07, 6.45) is 1.69. The number of aromatic nitrogens is 1. The van der Waals surface area contributed by atoms with E-state index in [4.69, 9.17) is 9.84 Å². The van der Waals surface area contributed by atoms with Gasteiger partial charge in [-0.05, 0) is 20.8 Å². The molecule has 1 N–H and O–H groups in total. The van der Waals surface area contributed by atoms with Crippen LogP contribution in [0, 0.1) is 13.8 Å². The molecule has 0 unspecified atom stereocenters. The van der Waals surface area contributed by atoms with Crippen LogP contribution in [0.1, 0.15) is 18.1 Å². The Bertz CT molecular complexity index is 432. The molecule has 0 aliphatic heterocycles. The number of ether oxygens (including phenoxy) is 1. The minimum atomic E-state index is -0.881. The van der Waals surface area contributed by atoms with Gasteiger partial charge >= 0.3 is 5.97 Å². The molecule has 1 aromatic heterocycles. The number of carboxylic acids is 1. The molecule has 0 fully saturated rings. The molecule has 1 atom stereocenters. The summed E-state index contributed by atoms with van der Waals surface area (Å²) in [6.45, 7) is 5.40. The van der Waals surface area contributed by atoms with Crippen molar-refractivity contribution in [2.45, 2.75) is 26.8 Å². The maximum atomic E-state index is 10.9. The standard InChI is InChI=1S/C12H18N2O3/c1-7-6-13-11(8(2)10(7)17-5)14(4)9(3)12(15)16/h6,9H,1-5H3,(H,15,16)/t9-/m1/s1. The van der Waals surface area contributed by atoms with Crippen LogP contribution < -0.4 is 9.64 Å². The van der Waals surface area contributed by atoms with Crippen LogP contribution in [-0.4, -0.2) is 36.3 Å². The van der Waals surface area contributed by atoms with Gasteiger partial charge in [0.1, 0.15) is 17.6 Å². The third-order valence-electron chi connectivity index (χ3n) is 2.89. The second-order valence-electron chi connectivity index (χ2n) is 4.05. The number of anilines is 1. The minimum absolute atomic E-state index is 0.627. The van der Waals surface area contributed by atoms with Gasteiger partial charge in [0.25, 0.3) is 0 Å². The van der Waals surface area contributed by atoms with Crippen molar-refractivity contribution in [1.29, 1.82) is 0 Å². The molecular weight excluding hydrogens is 220 g/mol.